The number of likely N-dealkylation sites (tertiary alicyclic amines) is 1. The van der Waals surface area contributed by atoms with Crippen LogP contribution in [0.3, 0.4) is 0 Å². The molecule has 0 unspecified atom stereocenters. The molecule has 1 fully saturated rings. The number of hydrogen-bond donors (Lipinski definition) is 0. The third kappa shape index (κ3) is 3.32. The summed E-state index contributed by atoms with van der Waals surface area (Å²) in [5.41, 5.74) is 1.86. The normalized spacial score (nSPS) is 18.3. The van der Waals surface area contributed by atoms with E-state index in [1.165, 1.54) is 0 Å². The highest BCUT2D eigenvalue weighted by molar-refractivity contribution is 5.52. The summed E-state index contributed by atoms with van der Waals surface area (Å²) in [6.45, 7) is 5.92. The van der Waals surface area contributed by atoms with Crippen LogP contribution in [-0.4, -0.2) is 31.7 Å². The Kier molecular flexibility index (Phi) is 4.31. The molecule has 0 amide bonds. The van der Waals surface area contributed by atoms with E-state index in [0.29, 0.717) is 17.6 Å². The number of rotatable bonds is 5. The van der Waals surface area contributed by atoms with E-state index in [2.05, 4.69) is 39.0 Å². The summed E-state index contributed by atoms with van der Waals surface area (Å²) in [4.78, 5) is 10.9. The molecule has 0 N–H and O–H groups in total. The summed E-state index contributed by atoms with van der Waals surface area (Å²) < 4.78 is 11.0. The van der Waals surface area contributed by atoms with Crippen molar-refractivity contribution < 1.29 is 9.05 Å². The van der Waals surface area contributed by atoms with Gasteiger partial charge in [0.15, 0.2) is 0 Å². The van der Waals surface area contributed by atoms with E-state index in [9.17, 15) is 0 Å². The molecule has 130 valence electrons. The quantitative estimate of drug-likeness (QED) is 0.702. The van der Waals surface area contributed by atoms with Crippen LogP contribution >= 0.6 is 0 Å². The van der Waals surface area contributed by atoms with Gasteiger partial charge in [0.25, 0.3) is 0 Å². The average Bonchev–Trinajstić information content (AvgIpc) is 3.36. The first kappa shape index (κ1) is 16.0. The number of pyridine rings is 1. The predicted octanol–water partition coefficient (Wildman–Crippen LogP) is 3.58. The van der Waals surface area contributed by atoms with Gasteiger partial charge in [0.05, 0.1) is 11.7 Å². The average molecular weight is 339 g/mol. The van der Waals surface area contributed by atoms with Gasteiger partial charge in [0.2, 0.25) is 11.7 Å². The molecule has 0 aromatic carbocycles. The van der Waals surface area contributed by atoms with Gasteiger partial charge in [-0.1, -0.05) is 24.2 Å². The Hall–Kier alpha value is -2.54. The van der Waals surface area contributed by atoms with Gasteiger partial charge >= 0.3 is 0 Å². The van der Waals surface area contributed by atoms with Crippen molar-refractivity contribution in [3.8, 4) is 11.4 Å². The van der Waals surface area contributed by atoms with Gasteiger partial charge in [-0.05, 0) is 31.5 Å². The van der Waals surface area contributed by atoms with Gasteiger partial charge in [0.1, 0.15) is 5.76 Å². The molecule has 0 radical (unpaired) electrons. The van der Waals surface area contributed by atoms with E-state index in [0.717, 1.165) is 42.9 Å². The molecule has 0 saturated carbocycles. The lowest BCUT2D eigenvalue weighted by Gasteiger charge is -2.19. The first-order valence-corrected chi connectivity index (χ1v) is 8.64. The minimum absolute atomic E-state index is 0.127. The van der Waals surface area contributed by atoms with Gasteiger partial charge < -0.3 is 9.05 Å². The van der Waals surface area contributed by atoms with Crippen LogP contribution in [0.1, 0.15) is 56.0 Å². The zero-order valence-electron chi connectivity index (χ0n) is 14.4. The highest BCUT2D eigenvalue weighted by atomic mass is 16.5. The predicted molar refractivity (Wildman–Crippen MR) is 90.5 cm³/mol. The van der Waals surface area contributed by atoms with Gasteiger partial charge in [-0.15, -0.1) is 0 Å². The monoisotopic (exact) mass is 339 g/mol. The van der Waals surface area contributed by atoms with Gasteiger partial charge in [-0.3, -0.25) is 9.88 Å². The molecule has 1 saturated heterocycles. The smallest absolute Gasteiger partial charge is 0.244 e. The molecule has 3 aromatic heterocycles. The largest absolute Gasteiger partial charge is 0.361 e. The maximum absolute atomic E-state index is 5.55. The molecule has 4 rings (SSSR count). The summed E-state index contributed by atoms with van der Waals surface area (Å²) in [5.74, 6) is 2.53. The van der Waals surface area contributed by atoms with Crippen LogP contribution in [0.5, 0.6) is 0 Å². The molecule has 4 heterocycles. The van der Waals surface area contributed by atoms with Gasteiger partial charge in [-0.2, -0.15) is 4.98 Å². The first-order valence-electron chi connectivity index (χ1n) is 8.64. The standard InChI is InChI=1S/C18H21N5O2/c1-12(2)16-10-14(21-24-16)11-23-9-3-4-15(23)18-20-17(22-25-18)13-5-7-19-8-6-13/h5-8,10,12,15H,3-4,9,11H2,1-2H3/t15-/m0/s1. The summed E-state index contributed by atoms with van der Waals surface area (Å²) in [5, 5.41) is 8.32. The molecule has 1 aliphatic heterocycles. The minimum Gasteiger partial charge on any atom is -0.361 e. The molecule has 25 heavy (non-hydrogen) atoms. The zero-order chi connectivity index (χ0) is 17.2. The number of nitrogens with zero attached hydrogens (tertiary/aromatic N) is 5. The fourth-order valence-electron chi connectivity index (χ4n) is 3.17. The molecule has 0 spiro atoms. The Balaban J connectivity index is 1.50. The topological polar surface area (TPSA) is 81.1 Å². The third-order valence-corrected chi connectivity index (χ3v) is 4.54. The van der Waals surface area contributed by atoms with Crippen LogP contribution in [0.2, 0.25) is 0 Å². The SMILES string of the molecule is CC(C)c1cc(CN2CCC[C@H]2c2nc(-c3ccncc3)no2)no1. The van der Waals surface area contributed by atoms with Crippen molar-refractivity contribution in [3.63, 3.8) is 0 Å². The van der Waals surface area contributed by atoms with Crippen molar-refractivity contribution >= 4 is 0 Å². The first-order chi connectivity index (χ1) is 12.2. The van der Waals surface area contributed by atoms with Crippen LogP contribution in [0.4, 0.5) is 0 Å². The van der Waals surface area contributed by atoms with Gasteiger partial charge in [0, 0.05) is 36.5 Å². The number of aromatic nitrogens is 4. The van der Waals surface area contributed by atoms with Crippen molar-refractivity contribution in [3.05, 3.63) is 47.9 Å². The summed E-state index contributed by atoms with van der Waals surface area (Å²) >= 11 is 0. The molecular weight excluding hydrogens is 318 g/mol. The van der Waals surface area contributed by atoms with Crippen LogP contribution < -0.4 is 0 Å². The van der Waals surface area contributed by atoms with Crippen molar-refractivity contribution in [2.75, 3.05) is 6.54 Å². The summed E-state index contributed by atoms with van der Waals surface area (Å²) in [7, 11) is 0. The van der Waals surface area contributed by atoms with E-state index in [4.69, 9.17) is 9.05 Å². The van der Waals surface area contributed by atoms with Crippen LogP contribution in [0.15, 0.2) is 39.6 Å². The molecule has 7 nitrogen and oxygen atoms in total. The highest BCUT2D eigenvalue weighted by Gasteiger charge is 2.31. The Morgan fingerprint density at radius 2 is 2.04 bits per heavy atom. The summed E-state index contributed by atoms with van der Waals surface area (Å²) in [6.07, 6.45) is 5.56. The third-order valence-electron chi connectivity index (χ3n) is 4.54. The minimum atomic E-state index is 0.127. The fourth-order valence-corrected chi connectivity index (χ4v) is 3.17. The Bertz CT molecular complexity index is 827. The lowest BCUT2D eigenvalue weighted by molar-refractivity contribution is 0.196. The van der Waals surface area contributed by atoms with Crippen LogP contribution in [-0.2, 0) is 6.54 Å². The lowest BCUT2D eigenvalue weighted by atomic mass is 10.1. The van der Waals surface area contributed by atoms with E-state index in [1.807, 2.05) is 18.2 Å². The summed E-state index contributed by atoms with van der Waals surface area (Å²) in [6, 6.07) is 5.92. The lowest BCUT2D eigenvalue weighted by Crippen LogP contribution is -2.23. The Labute approximate surface area is 146 Å². The molecule has 3 aromatic rings. The molecule has 7 heteroatoms. The van der Waals surface area contributed by atoms with Crippen molar-refractivity contribution in [1.29, 1.82) is 0 Å². The second kappa shape index (κ2) is 6.76. The van der Waals surface area contributed by atoms with Crippen molar-refractivity contribution in [2.45, 2.75) is 45.2 Å². The highest BCUT2D eigenvalue weighted by Crippen LogP contribution is 2.33. The van der Waals surface area contributed by atoms with Gasteiger partial charge in [-0.25, -0.2) is 0 Å². The maximum Gasteiger partial charge on any atom is 0.244 e. The molecule has 1 aliphatic rings. The second-order valence-electron chi connectivity index (χ2n) is 6.70. The molecular formula is C18H21N5O2. The second-order valence-corrected chi connectivity index (χ2v) is 6.70. The fraction of sp³-hybridized carbons (Fsp3) is 0.444. The van der Waals surface area contributed by atoms with Crippen molar-refractivity contribution in [1.82, 2.24) is 25.2 Å². The molecule has 0 aliphatic carbocycles. The van der Waals surface area contributed by atoms with Crippen LogP contribution in [0.25, 0.3) is 11.4 Å². The van der Waals surface area contributed by atoms with Crippen LogP contribution in [0, 0.1) is 0 Å². The molecule has 1 atom stereocenters. The van der Waals surface area contributed by atoms with E-state index < -0.39 is 0 Å². The van der Waals surface area contributed by atoms with E-state index >= 15 is 0 Å². The zero-order valence-corrected chi connectivity index (χ0v) is 14.4. The Morgan fingerprint density at radius 1 is 1.20 bits per heavy atom. The molecule has 0 bridgehead atoms. The maximum atomic E-state index is 5.55. The van der Waals surface area contributed by atoms with Crippen molar-refractivity contribution in [2.24, 2.45) is 0 Å². The number of hydrogen-bond acceptors (Lipinski definition) is 7. The van der Waals surface area contributed by atoms with E-state index in [-0.39, 0.29) is 6.04 Å². The Morgan fingerprint density at radius 3 is 2.80 bits per heavy atom. The van der Waals surface area contributed by atoms with E-state index in [1.54, 1.807) is 12.4 Å².